The van der Waals surface area contributed by atoms with E-state index < -0.39 is 6.09 Å². The Balaban J connectivity index is 1.21. The zero-order chi connectivity index (χ0) is 23.7. The fourth-order valence-electron chi connectivity index (χ4n) is 4.80. The maximum atomic E-state index is 13.1. The number of likely N-dealkylation sites (tertiary alicyclic amines) is 1. The molecule has 182 valence electrons. The lowest BCUT2D eigenvalue weighted by Gasteiger charge is -2.37. The van der Waals surface area contributed by atoms with Gasteiger partial charge in [-0.15, -0.1) is 0 Å². The number of carboxylic acid groups (broad SMARTS) is 1. The second-order valence-electron chi connectivity index (χ2n) is 9.84. The maximum Gasteiger partial charge on any atom is 0.407 e. The summed E-state index contributed by atoms with van der Waals surface area (Å²) in [5.41, 5.74) is 1.48. The number of piperidine rings is 1. The molecule has 1 aromatic carbocycles. The van der Waals surface area contributed by atoms with Crippen LogP contribution in [0.3, 0.4) is 0 Å². The third-order valence-corrected chi connectivity index (χ3v) is 7.32. The summed E-state index contributed by atoms with van der Waals surface area (Å²) in [6, 6.07) is 7.61. The molecule has 2 aliphatic heterocycles. The average Bonchev–Trinajstić information content (AvgIpc) is 3.61. The number of nitrogens with one attached hydrogen (secondary N) is 1. The van der Waals surface area contributed by atoms with Crippen LogP contribution >= 0.6 is 0 Å². The van der Waals surface area contributed by atoms with Crippen LogP contribution in [0.25, 0.3) is 0 Å². The summed E-state index contributed by atoms with van der Waals surface area (Å²) in [5.74, 6) is 1.96. The molecule has 2 aromatic rings. The maximum absolute atomic E-state index is 13.1. The van der Waals surface area contributed by atoms with Crippen molar-refractivity contribution >= 4 is 23.5 Å². The molecular weight excluding hydrogens is 436 g/mol. The lowest BCUT2D eigenvalue weighted by molar-refractivity contribution is 0.148. The molecule has 0 spiro atoms. The van der Waals surface area contributed by atoms with Crippen molar-refractivity contribution < 1.29 is 19.2 Å². The Morgan fingerprint density at radius 1 is 1.06 bits per heavy atom. The van der Waals surface area contributed by atoms with Crippen LogP contribution in [-0.4, -0.2) is 76.4 Å². The largest absolute Gasteiger partial charge is 0.465 e. The van der Waals surface area contributed by atoms with Gasteiger partial charge in [-0.25, -0.2) is 9.59 Å². The van der Waals surface area contributed by atoms with Crippen LogP contribution in [-0.2, 0) is 5.41 Å². The first kappa shape index (κ1) is 22.5. The molecule has 34 heavy (non-hydrogen) atoms. The second-order valence-corrected chi connectivity index (χ2v) is 9.84. The van der Waals surface area contributed by atoms with Crippen LogP contribution in [0.15, 0.2) is 28.8 Å². The SMILES string of the molecule is CC1(c2noc(C3CC3)n2)CCN(C(=O)Nc2ccccc2N2CCCN(C(=O)O)CC2)CC1. The molecule has 2 saturated heterocycles. The molecule has 3 fully saturated rings. The number of carbonyl (C=O) groups excluding carboxylic acids is 1. The number of urea groups is 1. The van der Waals surface area contributed by atoms with Crippen LogP contribution in [0.2, 0.25) is 0 Å². The number of para-hydroxylation sites is 2. The standard InChI is InChI=1S/C24H32N6O4/c1-24(21-26-20(34-27-21)17-7-8-17)9-13-29(14-10-24)22(31)25-18-5-2-3-6-19(18)28-11-4-12-30(16-15-28)23(32)33/h2-3,5-6,17H,4,7-16H2,1H3,(H,25,31)(H,32,33). The highest BCUT2D eigenvalue weighted by Gasteiger charge is 2.39. The smallest absolute Gasteiger partial charge is 0.407 e. The highest BCUT2D eigenvalue weighted by molar-refractivity contribution is 5.93. The third kappa shape index (κ3) is 4.67. The van der Waals surface area contributed by atoms with Crippen LogP contribution in [0.1, 0.15) is 56.7 Å². The molecule has 0 bridgehead atoms. The van der Waals surface area contributed by atoms with Gasteiger partial charge in [0, 0.05) is 50.6 Å². The number of amides is 3. The van der Waals surface area contributed by atoms with Crippen molar-refractivity contribution in [3.8, 4) is 0 Å². The van der Waals surface area contributed by atoms with Gasteiger partial charge >= 0.3 is 12.1 Å². The molecular formula is C24H32N6O4. The first-order valence-electron chi connectivity index (χ1n) is 12.1. The van der Waals surface area contributed by atoms with Gasteiger partial charge in [0.25, 0.3) is 0 Å². The summed E-state index contributed by atoms with van der Waals surface area (Å²) in [7, 11) is 0. The summed E-state index contributed by atoms with van der Waals surface area (Å²) in [6.45, 7) is 5.69. The molecule has 0 unspecified atom stereocenters. The van der Waals surface area contributed by atoms with E-state index in [1.807, 2.05) is 29.2 Å². The van der Waals surface area contributed by atoms with Gasteiger partial charge in [-0.2, -0.15) is 4.98 Å². The Labute approximate surface area is 198 Å². The summed E-state index contributed by atoms with van der Waals surface area (Å²) < 4.78 is 5.47. The molecule has 1 saturated carbocycles. The monoisotopic (exact) mass is 468 g/mol. The minimum absolute atomic E-state index is 0.122. The number of carbonyl (C=O) groups is 2. The average molecular weight is 469 g/mol. The Kier molecular flexibility index (Phi) is 6.05. The highest BCUT2D eigenvalue weighted by atomic mass is 16.5. The molecule has 10 heteroatoms. The number of aromatic nitrogens is 2. The van der Waals surface area contributed by atoms with E-state index in [0.717, 1.165) is 61.7 Å². The predicted molar refractivity (Wildman–Crippen MR) is 126 cm³/mol. The molecule has 0 atom stereocenters. The van der Waals surface area contributed by atoms with Gasteiger partial charge in [-0.1, -0.05) is 24.2 Å². The molecule has 2 N–H and O–H groups in total. The highest BCUT2D eigenvalue weighted by Crippen LogP contribution is 2.41. The molecule has 10 nitrogen and oxygen atoms in total. The lowest BCUT2D eigenvalue weighted by Crippen LogP contribution is -2.46. The number of rotatable bonds is 4. The zero-order valence-corrected chi connectivity index (χ0v) is 19.6. The zero-order valence-electron chi connectivity index (χ0n) is 19.6. The number of hydrogen-bond donors (Lipinski definition) is 2. The van der Waals surface area contributed by atoms with E-state index in [9.17, 15) is 14.7 Å². The lowest BCUT2D eigenvalue weighted by atomic mass is 9.80. The summed E-state index contributed by atoms with van der Waals surface area (Å²) in [5, 5.41) is 16.6. The van der Waals surface area contributed by atoms with E-state index in [-0.39, 0.29) is 11.4 Å². The second kappa shape index (κ2) is 9.15. The van der Waals surface area contributed by atoms with Crippen LogP contribution in [0, 0.1) is 0 Å². The quantitative estimate of drug-likeness (QED) is 0.703. The molecule has 1 aliphatic carbocycles. The Morgan fingerprint density at radius 2 is 1.82 bits per heavy atom. The Hall–Kier alpha value is -3.30. The molecule has 0 radical (unpaired) electrons. The van der Waals surface area contributed by atoms with Gasteiger partial charge in [0.1, 0.15) is 0 Å². The van der Waals surface area contributed by atoms with Crippen LogP contribution < -0.4 is 10.2 Å². The fraction of sp³-hybridized carbons (Fsp3) is 0.583. The third-order valence-electron chi connectivity index (χ3n) is 7.32. The van der Waals surface area contributed by atoms with Crippen molar-refractivity contribution in [2.75, 3.05) is 49.5 Å². The van der Waals surface area contributed by atoms with Crippen molar-refractivity contribution in [2.45, 2.75) is 50.4 Å². The van der Waals surface area contributed by atoms with Gasteiger partial charge in [0.2, 0.25) is 5.89 Å². The summed E-state index contributed by atoms with van der Waals surface area (Å²) in [6.07, 6.45) is 3.68. The van der Waals surface area contributed by atoms with Gasteiger partial charge in [-0.3, -0.25) is 0 Å². The normalized spacial score (nSPS) is 20.7. The summed E-state index contributed by atoms with van der Waals surface area (Å²) in [4.78, 5) is 34.6. The number of benzene rings is 1. The van der Waals surface area contributed by atoms with Crippen LogP contribution in [0.5, 0.6) is 0 Å². The van der Waals surface area contributed by atoms with Crippen molar-refractivity contribution in [3.05, 3.63) is 36.0 Å². The van der Waals surface area contributed by atoms with Crippen LogP contribution in [0.4, 0.5) is 21.0 Å². The number of anilines is 2. The molecule has 3 aliphatic rings. The molecule has 1 aromatic heterocycles. The molecule has 3 heterocycles. The first-order chi connectivity index (χ1) is 16.4. The van der Waals surface area contributed by atoms with Gasteiger partial charge in [0.15, 0.2) is 5.82 Å². The van der Waals surface area contributed by atoms with Crippen molar-refractivity contribution in [3.63, 3.8) is 0 Å². The Bertz CT molecular complexity index is 1040. The van der Waals surface area contributed by atoms with Crippen molar-refractivity contribution in [2.24, 2.45) is 0 Å². The molecule has 5 rings (SSSR count). The summed E-state index contributed by atoms with van der Waals surface area (Å²) >= 11 is 0. The Morgan fingerprint density at radius 3 is 2.56 bits per heavy atom. The number of hydrogen-bond acceptors (Lipinski definition) is 6. The van der Waals surface area contributed by atoms with E-state index in [4.69, 9.17) is 4.52 Å². The topological polar surface area (TPSA) is 115 Å². The van der Waals surface area contributed by atoms with Gasteiger partial charge in [-0.05, 0) is 44.2 Å². The van der Waals surface area contributed by atoms with Gasteiger partial charge < -0.3 is 29.6 Å². The van der Waals surface area contributed by atoms with E-state index >= 15 is 0 Å². The van der Waals surface area contributed by atoms with Gasteiger partial charge in [0.05, 0.1) is 11.4 Å². The first-order valence-corrected chi connectivity index (χ1v) is 12.1. The van der Waals surface area contributed by atoms with E-state index in [1.54, 1.807) is 0 Å². The number of nitrogens with zero attached hydrogens (tertiary/aromatic N) is 5. The van der Waals surface area contributed by atoms with Crippen molar-refractivity contribution in [1.29, 1.82) is 0 Å². The minimum Gasteiger partial charge on any atom is -0.465 e. The van der Waals surface area contributed by atoms with E-state index in [0.29, 0.717) is 38.6 Å². The fourth-order valence-corrected chi connectivity index (χ4v) is 4.80. The predicted octanol–water partition coefficient (Wildman–Crippen LogP) is 3.72. The minimum atomic E-state index is -0.884. The van der Waals surface area contributed by atoms with E-state index in [1.165, 1.54) is 4.90 Å². The van der Waals surface area contributed by atoms with Crippen molar-refractivity contribution in [1.82, 2.24) is 19.9 Å². The van der Waals surface area contributed by atoms with E-state index in [2.05, 4.69) is 27.3 Å². The molecule has 3 amide bonds.